The van der Waals surface area contributed by atoms with Crippen LogP contribution >= 0.6 is 11.8 Å². The molecule has 1 aromatic heterocycles. The zero-order chi connectivity index (χ0) is 17.7. The lowest BCUT2D eigenvalue weighted by Gasteiger charge is -2.13. The summed E-state index contributed by atoms with van der Waals surface area (Å²) in [6.07, 6.45) is 4.06. The molecule has 1 unspecified atom stereocenters. The molecule has 3 amide bonds. The van der Waals surface area contributed by atoms with E-state index < -0.39 is 11.3 Å². The first-order chi connectivity index (χ1) is 11.4. The molecule has 1 aromatic rings. The zero-order valence-corrected chi connectivity index (χ0v) is 15.2. The van der Waals surface area contributed by atoms with Gasteiger partial charge in [-0.05, 0) is 25.7 Å². The van der Waals surface area contributed by atoms with Crippen LogP contribution in [0.5, 0.6) is 0 Å². The van der Waals surface area contributed by atoms with Crippen molar-refractivity contribution in [2.75, 3.05) is 6.54 Å². The molecule has 0 spiro atoms. The summed E-state index contributed by atoms with van der Waals surface area (Å²) in [6, 6.07) is -0.465. The highest BCUT2D eigenvalue weighted by Gasteiger charge is 2.31. The number of hydrogen-bond acceptors (Lipinski definition) is 5. The van der Waals surface area contributed by atoms with E-state index in [9.17, 15) is 9.59 Å². The van der Waals surface area contributed by atoms with Gasteiger partial charge < -0.3 is 9.88 Å². The van der Waals surface area contributed by atoms with E-state index in [-0.39, 0.29) is 5.91 Å². The first kappa shape index (κ1) is 18.5. The third kappa shape index (κ3) is 5.09. The summed E-state index contributed by atoms with van der Waals surface area (Å²) in [5, 5.41) is 13.7. The molecule has 132 valence electrons. The fourth-order valence-electron chi connectivity index (χ4n) is 2.10. The van der Waals surface area contributed by atoms with Gasteiger partial charge in [0.1, 0.15) is 5.82 Å². The fourth-order valence-corrected chi connectivity index (χ4v) is 2.96. The van der Waals surface area contributed by atoms with Crippen LogP contribution in [0, 0.1) is 5.92 Å². The first-order valence-electron chi connectivity index (χ1n) is 8.21. The molecule has 2 rings (SSSR count). The lowest BCUT2D eigenvalue weighted by atomic mass is 10.2. The Morgan fingerprint density at radius 3 is 2.67 bits per heavy atom. The summed E-state index contributed by atoms with van der Waals surface area (Å²) < 4.78 is 2.00. The third-order valence-corrected chi connectivity index (χ3v) is 4.64. The highest BCUT2D eigenvalue weighted by atomic mass is 32.2. The number of urea groups is 1. The summed E-state index contributed by atoms with van der Waals surface area (Å²) in [6.45, 7) is 10.6. The SMILES string of the molecule is C=CCn1c(SC(C)C(=O)NC(=O)NCC(C)C)nnc1C1CC1. The van der Waals surface area contributed by atoms with Gasteiger partial charge in [-0.15, -0.1) is 16.8 Å². The number of carbonyl (C=O) groups excluding carboxylic acids is 2. The molecule has 0 aliphatic heterocycles. The quantitative estimate of drug-likeness (QED) is 0.554. The Kier molecular flexibility index (Phi) is 6.42. The number of rotatable bonds is 8. The van der Waals surface area contributed by atoms with Gasteiger partial charge in [-0.3, -0.25) is 10.1 Å². The number of aromatic nitrogens is 3. The Labute approximate surface area is 146 Å². The Balaban J connectivity index is 1.93. The molecule has 8 heteroatoms. The maximum Gasteiger partial charge on any atom is 0.321 e. The number of hydrogen-bond donors (Lipinski definition) is 2. The summed E-state index contributed by atoms with van der Waals surface area (Å²) >= 11 is 1.30. The van der Waals surface area contributed by atoms with E-state index in [2.05, 4.69) is 27.4 Å². The smallest absolute Gasteiger partial charge is 0.321 e. The minimum Gasteiger partial charge on any atom is -0.338 e. The average molecular weight is 351 g/mol. The lowest BCUT2D eigenvalue weighted by molar-refractivity contribution is -0.119. The van der Waals surface area contributed by atoms with Gasteiger partial charge in [0, 0.05) is 19.0 Å². The number of carbonyl (C=O) groups is 2. The van der Waals surface area contributed by atoms with Crippen LogP contribution in [0.4, 0.5) is 4.79 Å². The van der Waals surface area contributed by atoms with E-state index in [4.69, 9.17) is 0 Å². The van der Waals surface area contributed by atoms with E-state index in [1.54, 1.807) is 13.0 Å². The Bertz CT molecular complexity index is 610. The molecule has 1 saturated carbocycles. The van der Waals surface area contributed by atoms with Crippen molar-refractivity contribution in [3.63, 3.8) is 0 Å². The molecule has 0 bridgehead atoms. The third-order valence-electron chi connectivity index (χ3n) is 3.56. The Hall–Kier alpha value is -1.83. The Morgan fingerprint density at radius 2 is 2.08 bits per heavy atom. The molecule has 7 nitrogen and oxygen atoms in total. The fraction of sp³-hybridized carbons (Fsp3) is 0.625. The number of thioether (sulfide) groups is 1. The minimum absolute atomic E-state index is 0.330. The van der Waals surface area contributed by atoms with Crippen LogP contribution in [0.2, 0.25) is 0 Å². The van der Waals surface area contributed by atoms with E-state index in [0.29, 0.717) is 30.1 Å². The molecule has 1 heterocycles. The molecule has 0 radical (unpaired) electrons. The second-order valence-corrected chi connectivity index (χ2v) is 7.68. The average Bonchev–Trinajstić information content (AvgIpc) is 3.29. The molecule has 1 aliphatic carbocycles. The van der Waals surface area contributed by atoms with E-state index >= 15 is 0 Å². The molecule has 24 heavy (non-hydrogen) atoms. The van der Waals surface area contributed by atoms with Crippen molar-refractivity contribution < 1.29 is 9.59 Å². The molecule has 1 fully saturated rings. The van der Waals surface area contributed by atoms with Crippen LogP contribution in [0.15, 0.2) is 17.8 Å². The summed E-state index contributed by atoms with van der Waals surface area (Å²) in [7, 11) is 0. The number of amides is 3. The van der Waals surface area contributed by atoms with Gasteiger partial charge in [-0.2, -0.15) is 0 Å². The van der Waals surface area contributed by atoms with Crippen LogP contribution in [-0.4, -0.2) is 38.5 Å². The van der Waals surface area contributed by atoms with Crippen molar-refractivity contribution in [2.45, 2.75) is 56.5 Å². The number of nitrogens with one attached hydrogen (secondary N) is 2. The molecule has 2 N–H and O–H groups in total. The van der Waals surface area contributed by atoms with E-state index in [0.717, 1.165) is 18.7 Å². The van der Waals surface area contributed by atoms with Gasteiger partial charge in [0.05, 0.1) is 5.25 Å². The predicted molar refractivity (Wildman–Crippen MR) is 93.9 cm³/mol. The second kappa shape index (κ2) is 8.32. The van der Waals surface area contributed by atoms with Crippen LogP contribution in [0.1, 0.15) is 45.4 Å². The van der Waals surface area contributed by atoms with Gasteiger partial charge in [0.2, 0.25) is 5.91 Å². The second-order valence-electron chi connectivity index (χ2n) is 6.37. The van der Waals surface area contributed by atoms with Crippen molar-refractivity contribution >= 4 is 23.7 Å². The minimum atomic E-state index is -0.465. The predicted octanol–water partition coefficient (Wildman–Crippen LogP) is 2.30. The highest BCUT2D eigenvalue weighted by Crippen LogP contribution is 2.40. The molecule has 1 aliphatic rings. The molecular formula is C16H25N5O2S. The van der Waals surface area contributed by atoms with Gasteiger partial charge >= 0.3 is 6.03 Å². The highest BCUT2D eigenvalue weighted by molar-refractivity contribution is 8.00. The summed E-state index contributed by atoms with van der Waals surface area (Å²) in [4.78, 5) is 23.8. The monoisotopic (exact) mass is 351 g/mol. The van der Waals surface area contributed by atoms with Gasteiger partial charge in [0.25, 0.3) is 0 Å². The van der Waals surface area contributed by atoms with Crippen molar-refractivity contribution in [2.24, 2.45) is 5.92 Å². The first-order valence-corrected chi connectivity index (χ1v) is 9.09. The molecule has 1 atom stereocenters. The standard InChI is InChI=1S/C16H25N5O2S/c1-5-8-21-13(12-6-7-12)19-20-16(21)24-11(4)14(22)18-15(23)17-9-10(2)3/h5,10-12H,1,6-9H2,2-4H3,(H2,17,18,22,23). The topological polar surface area (TPSA) is 88.9 Å². The van der Waals surface area contributed by atoms with Crippen molar-refractivity contribution in [1.29, 1.82) is 0 Å². The zero-order valence-electron chi connectivity index (χ0n) is 14.4. The van der Waals surface area contributed by atoms with E-state index in [1.807, 2.05) is 18.4 Å². The van der Waals surface area contributed by atoms with Crippen LogP contribution < -0.4 is 10.6 Å². The maximum absolute atomic E-state index is 12.2. The van der Waals surface area contributed by atoms with Crippen molar-refractivity contribution in [3.8, 4) is 0 Å². The van der Waals surface area contributed by atoms with Crippen LogP contribution in [-0.2, 0) is 11.3 Å². The van der Waals surface area contributed by atoms with Crippen molar-refractivity contribution in [3.05, 3.63) is 18.5 Å². The number of imide groups is 1. The summed E-state index contributed by atoms with van der Waals surface area (Å²) in [5.74, 6) is 1.41. The summed E-state index contributed by atoms with van der Waals surface area (Å²) in [5.41, 5.74) is 0. The lowest BCUT2D eigenvalue weighted by Crippen LogP contribution is -2.43. The molecule has 0 saturated heterocycles. The van der Waals surface area contributed by atoms with Gasteiger partial charge in [0.15, 0.2) is 5.16 Å². The van der Waals surface area contributed by atoms with E-state index in [1.165, 1.54) is 11.8 Å². The number of allylic oxidation sites excluding steroid dienone is 1. The van der Waals surface area contributed by atoms with Crippen LogP contribution in [0.3, 0.4) is 0 Å². The number of nitrogens with zero attached hydrogens (tertiary/aromatic N) is 3. The molecule has 0 aromatic carbocycles. The molecular weight excluding hydrogens is 326 g/mol. The Morgan fingerprint density at radius 1 is 1.38 bits per heavy atom. The largest absolute Gasteiger partial charge is 0.338 e. The maximum atomic E-state index is 12.2. The van der Waals surface area contributed by atoms with Gasteiger partial charge in [-0.1, -0.05) is 31.7 Å². The normalized spacial score (nSPS) is 15.2. The van der Waals surface area contributed by atoms with Gasteiger partial charge in [-0.25, -0.2) is 4.79 Å². The van der Waals surface area contributed by atoms with Crippen molar-refractivity contribution in [1.82, 2.24) is 25.4 Å². The van der Waals surface area contributed by atoms with Crippen LogP contribution in [0.25, 0.3) is 0 Å².